The molecule has 0 aromatic carbocycles. The van der Waals surface area contributed by atoms with Crippen molar-refractivity contribution in [3.8, 4) is 0 Å². The molecule has 15 heavy (non-hydrogen) atoms. The van der Waals surface area contributed by atoms with E-state index in [4.69, 9.17) is 11.6 Å². The number of fused-ring (bicyclic) bond motifs is 1. The molecule has 1 aliphatic carbocycles. The Morgan fingerprint density at radius 1 is 1.13 bits per heavy atom. The Balaban J connectivity index is 0.00000112. The van der Waals surface area contributed by atoms with Crippen LogP contribution in [0.2, 0.25) is 0 Å². The molecule has 0 aromatic rings. The SMILES string of the molecule is F[B-](F)(F)C1CC2CC(Cl)CCC2N1.[K+]. The number of alkyl halides is 1. The van der Waals surface area contributed by atoms with Crippen LogP contribution in [0.15, 0.2) is 0 Å². The van der Waals surface area contributed by atoms with E-state index in [-0.39, 0.29) is 75.1 Å². The molecular weight excluding hydrogens is 252 g/mol. The topological polar surface area (TPSA) is 12.0 Å². The van der Waals surface area contributed by atoms with Gasteiger partial charge >= 0.3 is 58.4 Å². The quantitative estimate of drug-likeness (QED) is 0.499. The minimum Gasteiger partial charge on any atom is -0.448 e. The summed E-state index contributed by atoms with van der Waals surface area (Å²) in [5.41, 5.74) is 0. The minimum atomic E-state index is -4.72. The van der Waals surface area contributed by atoms with E-state index in [1.165, 1.54) is 0 Å². The first-order valence-corrected chi connectivity index (χ1v) is 5.50. The summed E-state index contributed by atoms with van der Waals surface area (Å²) in [4.78, 5) is 0. The second-order valence-electron chi connectivity index (χ2n) is 4.41. The van der Waals surface area contributed by atoms with Crippen LogP contribution in [0.25, 0.3) is 0 Å². The van der Waals surface area contributed by atoms with Gasteiger partial charge in [-0.15, -0.1) is 11.6 Å². The standard InChI is InChI=1S/C8H13BClF3N.K/c10-6-1-2-7-5(3-6)4-8(14-7)9(11,12)13;/h5-8,14H,1-4H2;/q-1;+1. The first-order chi connectivity index (χ1) is 6.47. The van der Waals surface area contributed by atoms with Crippen LogP contribution in [-0.2, 0) is 0 Å². The van der Waals surface area contributed by atoms with Crippen molar-refractivity contribution in [2.24, 2.45) is 5.92 Å². The monoisotopic (exact) mass is 265 g/mol. The van der Waals surface area contributed by atoms with Gasteiger partial charge < -0.3 is 18.3 Å². The van der Waals surface area contributed by atoms with Crippen LogP contribution in [0.1, 0.15) is 25.7 Å². The van der Waals surface area contributed by atoms with Crippen molar-refractivity contribution in [1.29, 1.82) is 0 Å². The van der Waals surface area contributed by atoms with Crippen LogP contribution >= 0.6 is 11.6 Å². The van der Waals surface area contributed by atoms with Crippen molar-refractivity contribution in [1.82, 2.24) is 5.32 Å². The van der Waals surface area contributed by atoms with E-state index in [1.807, 2.05) is 0 Å². The Morgan fingerprint density at radius 3 is 2.40 bits per heavy atom. The number of hydrogen-bond acceptors (Lipinski definition) is 1. The zero-order chi connectivity index (χ0) is 10.3. The maximum atomic E-state index is 12.5. The third-order valence-electron chi connectivity index (χ3n) is 3.36. The largest absolute Gasteiger partial charge is 1.00 e. The molecule has 1 heterocycles. The first kappa shape index (κ1) is 14.8. The molecule has 1 nitrogen and oxygen atoms in total. The molecule has 0 aromatic heterocycles. The summed E-state index contributed by atoms with van der Waals surface area (Å²) in [6.45, 7) is -4.72. The fourth-order valence-corrected chi connectivity index (χ4v) is 2.97. The molecule has 2 fully saturated rings. The van der Waals surface area contributed by atoms with Gasteiger partial charge in [0, 0.05) is 11.4 Å². The van der Waals surface area contributed by atoms with E-state index in [1.54, 1.807) is 0 Å². The van der Waals surface area contributed by atoms with Crippen LogP contribution in [0.4, 0.5) is 12.9 Å². The third kappa shape index (κ3) is 3.60. The minimum absolute atomic E-state index is 0. The fourth-order valence-electron chi connectivity index (χ4n) is 2.62. The summed E-state index contributed by atoms with van der Waals surface area (Å²) in [5.74, 6) is -1.10. The summed E-state index contributed by atoms with van der Waals surface area (Å²) in [7, 11) is 0. The van der Waals surface area contributed by atoms with Crippen molar-refractivity contribution >= 4 is 18.6 Å². The van der Waals surface area contributed by atoms with Crippen molar-refractivity contribution in [3.63, 3.8) is 0 Å². The van der Waals surface area contributed by atoms with Crippen molar-refractivity contribution in [3.05, 3.63) is 0 Å². The number of nitrogens with one attached hydrogen (secondary N) is 1. The predicted molar refractivity (Wildman–Crippen MR) is 51.4 cm³/mol. The van der Waals surface area contributed by atoms with Crippen LogP contribution in [-0.4, -0.2) is 24.3 Å². The number of rotatable bonds is 1. The molecule has 1 N–H and O–H groups in total. The predicted octanol–water partition coefficient (Wildman–Crippen LogP) is -0.485. The van der Waals surface area contributed by atoms with E-state index >= 15 is 0 Å². The van der Waals surface area contributed by atoms with E-state index in [0.717, 1.165) is 19.3 Å². The molecule has 7 heteroatoms. The number of halogens is 4. The molecular formula is C8H13BClF3KN. The van der Waals surface area contributed by atoms with Gasteiger partial charge in [-0.25, -0.2) is 0 Å². The zero-order valence-electron chi connectivity index (χ0n) is 8.73. The molecule has 0 amide bonds. The normalized spacial score (nSPS) is 40.8. The van der Waals surface area contributed by atoms with Crippen LogP contribution in [0.5, 0.6) is 0 Å². The van der Waals surface area contributed by atoms with Crippen molar-refractivity contribution in [2.75, 3.05) is 0 Å². The second-order valence-corrected chi connectivity index (χ2v) is 5.03. The van der Waals surface area contributed by atoms with E-state index in [0.29, 0.717) is 0 Å². The van der Waals surface area contributed by atoms with Crippen molar-refractivity contribution < 1.29 is 64.3 Å². The summed E-state index contributed by atoms with van der Waals surface area (Å²) in [6.07, 6.45) is 2.61. The van der Waals surface area contributed by atoms with Crippen LogP contribution < -0.4 is 56.7 Å². The van der Waals surface area contributed by atoms with Gasteiger partial charge in [-0.3, -0.25) is 0 Å². The van der Waals surface area contributed by atoms with E-state index in [9.17, 15) is 12.9 Å². The Morgan fingerprint density at radius 2 is 1.80 bits per heavy atom. The summed E-state index contributed by atoms with van der Waals surface area (Å²) < 4.78 is 37.4. The molecule has 1 saturated carbocycles. The van der Waals surface area contributed by atoms with Crippen molar-refractivity contribution in [2.45, 2.75) is 43.0 Å². The summed E-state index contributed by atoms with van der Waals surface area (Å²) in [6, 6.07) is 0.0542. The molecule has 0 spiro atoms. The average molecular weight is 266 g/mol. The van der Waals surface area contributed by atoms with Crippen LogP contribution in [0, 0.1) is 5.92 Å². The molecule has 0 radical (unpaired) electrons. The van der Waals surface area contributed by atoms with Gasteiger partial charge in [0.1, 0.15) is 0 Å². The van der Waals surface area contributed by atoms with Crippen LogP contribution in [0.3, 0.4) is 0 Å². The fraction of sp³-hybridized carbons (Fsp3) is 1.00. The van der Waals surface area contributed by atoms with Gasteiger partial charge in [-0.2, -0.15) is 0 Å². The molecule has 82 valence electrons. The Hall–Kier alpha value is 1.74. The average Bonchev–Trinajstić information content (AvgIpc) is 2.45. The third-order valence-corrected chi connectivity index (χ3v) is 3.76. The van der Waals surface area contributed by atoms with Gasteiger partial charge in [0.2, 0.25) is 0 Å². The smallest absolute Gasteiger partial charge is 0.448 e. The Labute approximate surface area is 135 Å². The van der Waals surface area contributed by atoms with Gasteiger partial charge in [0.25, 0.3) is 0 Å². The molecule has 0 bridgehead atoms. The van der Waals surface area contributed by atoms with E-state index < -0.39 is 12.9 Å². The zero-order valence-corrected chi connectivity index (χ0v) is 12.6. The second kappa shape index (κ2) is 5.59. The first-order valence-electron chi connectivity index (χ1n) is 5.07. The van der Waals surface area contributed by atoms with E-state index in [2.05, 4.69) is 5.32 Å². The van der Waals surface area contributed by atoms with Gasteiger partial charge in [-0.05, 0) is 31.1 Å². The van der Waals surface area contributed by atoms with Gasteiger partial charge in [-0.1, -0.05) is 6.42 Å². The molecule has 1 aliphatic heterocycles. The van der Waals surface area contributed by atoms with Gasteiger partial charge in [0.15, 0.2) is 0 Å². The summed E-state index contributed by atoms with van der Waals surface area (Å²) >= 11 is 5.94. The summed E-state index contributed by atoms with van der Waals surface area (Å²) in [5, 5.41) is 2.78. The maximum Gasteiger partial charge on any atom is 1.00 e. The molecule has 4 unspecified atom stereocenters. The Kier molecular flexibility index (Phi) is 5.51. The molecule has 1 saturated heterocycles. The molecule has 2 rings (SSSR count). The maximum absolute atomic E-state index is 12.5. The Bertz CT molecular complexity index is 228. The number of hydrogen-bond donors (Lipinski definition) is 1. The van der Waals surface area contributed by atoms with Gasteiger partial charge in [0.05, 0.1) is 0 Å². The molecule has 4 atom stereocenters. The molecule has 2 aliphatic rings.